The highest BCUT2D eigenvalue weighted by Crippen LogP contribution is 2.22. The van der Waals surface area contributed by atoms with Crippen molar-refractivity contribution >= 4 is 0 Å². The number of nitrogens with zero attached hydrogens (tertiary/aromatic N) is 2. The highest BCUT2D eigenvalue weighted by atomic mass is 15.1. The van der Waals surface area contributed by atoms with Gasteiger partial charge in [0.15, 0.2) is 0 Å². The molecule has 1 heterocycles. The van der Waals surface area contributed by atoms with Gasteiger partial charge in [0.2, 0.25) is 0 Å². The summed E-state index contributed by atoms with van der Waals surface area (Å²) in [6.45, 7) is 0.977. The van der Waals surface area contributed by atoms with E-state index in [1.807, 2.05) is 18.5 Å². The third-order valence-electron chi connectivity index (χ3n) is 3.22. The molecule has 0 amide bonds. The Hall–Kier alpha value is -0.930. The maximum absolute atomic E-state index is 5.92. The molecule has 2 unspecified atom stereocenters. The van der Waals surface area contributed by atoms with Crippen LogP contribution in [0.3, 0.4) is 0 Å². The molecule has 0 radical (unpaired) electrons. The quantitative estimate of drug-likeness (QED) is 0.811. The van der Waals surface area contributed by atoms with Crippen LogP contribution in [-0.2, 0) is 6.54 Å². The van der Waals surface area contributed by atoms with Crippen LogP contribution in [0.5, 0.6) is 0 Å². The molecular weight excluding hydrogens is 186 g/mol. The van der Waals surface area contributed by atoms with Crippen molar-refractivity contribution in [2.24, 2.45) is 5.73 Å². The molecule has 1 saturated carbocycles. The lowest BCUT2D eigenvalue weighted by atomic mass is 10.2. The molecule has 0 aliphatic heterocycles. The van der Waals surface area contributed by atoms with Crippen molar-refractivity contribution < 1.29 is 0 Å². The first-order valence-corrected chi connectivity index (χ1v) is 5.60. The van der Waals surface area contributed by atoms with Gasteiger partial charge in [-0.3, -0.25) is 9.88 Å². The maximum Gasteiger partial charge on any atom is 0.0312 e. The van der Waals surface area contributed by atoms with Crippen molar-refractivity contribution in [2.45, 2.75) is 37.9 Å². The zero-order valence-electron chi connectivity index (χ0n) is 9.26. The summed E-state index contributed by atoms with van der Waals surface area (Å²) >= 11 is 0. The molecule has 3 nitrogen and oxygen atoms in total. The zero-order chi connectivity index (χ0) is 10.7. The standard InChI is InChI=1S/C12H19N3/c1-15(12-5-4-11(13)7-12)9-10-3-2-6-14-8-10/h2-3,6,8,11-12H,4-5,7,9,13H2,1H3. The first-order valence-electron chi connectivity index (χ1n) is 5.60. The summed E-state index contributed by atoms with van der Waals surface area (Å²) in [5.41, 5.74) is 7.20. The van der Waals surface area contributed by atoms with E-state index in [0.717, 1.165) is 13.0 Å². The van der Waals surface area contributed by atoms with Gasteiger partial charge in [-0.25, -0.2) is 0 Å². The fourth-order valence-corrected chi connectivity index (χ4v) is 2.30. The predicted octanol–water partition coefficient (Wildman–Crippen LogP) is 1.39. The Morgan fingerprint density at radius 1 is 1.53 bits per heavy atom. The second kappa shape index (κ2) is 4.73. The van der Waals surface area contributed by atoms with Gasteiger partial charge in [0.1, 0.15) is 0 Å². The molecule has 1 aliphatic rings. The van der Waals surface area contributed by atoms with E-state index >= 15 is 0 Å². The molecule has 0 saturated heterocycles. The minimum Gasteiger partial charge on any atom is -0.328 e. The lowest BCUT2D eigenvalue weighted by Crippen LogP contribution is -2.30. The van der Waals surface area contributed by atoms with Gasteiger partial charge in [-0.15, -0.1) is 0 Å². The van der Waals surface area contributed by atoms with Gasteiger partial charge in [0.25, 0.3) is 0 Å². The third-order valence-corrected chi connectivity index (χ3v) is 3.22. The average Bonchev–Trinajstić information content (AvgIpc) is 2.66. The number of pyridine rings is 1. The first-order chi connectivity index (χ1) is 7.25. The summed E-state index contributed by atoms with van der Waals surface area (Å²) in [6.07, 6.45) is 7.29. The van der Waals surface area contributed by atoms with Gasteiger partial charge in [-0.1, -0.05) is 6.07 Å². The lowest BCUT2D eigenvalue weighted by Gasteiger charge is -2.24. The smallest absolute Gasteiger partial charge is 0.0312 e. The fourth-order valence-electron chi connectivity index (χ4n) is 2.30. The summed E-state index contributed by atoms with van der Waals surface area (Å²) in [4.78, 5) is 6.52. The zero-order valence-corrected chi connectivity index (χ0v) is 9.26. The summed E-state index contributed by atoms with van der Waals surface area (Å²) in [6, 6.07) is 5.17. The Kier molecular flexibility index (Phi) is 3.34. The highest BCUT2D eigenvalue weighted by molar-refractivity contribution is 5.08. The Labute approximate surface area is 91.3 Å². The average molecular weight is 205 g/mol. The van der Waals surface area contributed by atoms with Crippen LogP contribution < -0.4 is 5.73 Å². The number of rotatable bonds is 3. The first kappa shape index (κ1) is 10.6. The molecule has 0 bridgehead atoms. The minimum atomic E-state index is 0.409. The van der Waals surface area contributed by atoms with Crippen LogP contribution in [0.15, 0.2) is 24.5 Å². The second-order valence-corrected chi connectivity index (χ2v) is 4.50. The van der Waals surface area contributed by atoms with Gasteiger partial charge in [-0.2, -0.15) is 0 Å². The second-order valence-electron chi connectivity index (χ2n) is 4.50. The van der Waals surface area contributed by atoms with E-state index in [4.69, 9.17) is 5.73 Å². The molecule has 1 aromatic rings. The van der Waals surface area contributed by atoms with Crippen LogP contribution in [-0.4, -0.2) is 29.0 Å². The topological polar surface area (TPSA) is 42.2 Å². The Bertz CT molecular complexity index is 299. The molecule has 82 valence electrons. The molecule has 2 atom stereocenters. The predicted molar refractivity (Wildman–Crippen MR) is 61.3 cm³/mol. The van der Waals surface area contributed by atoms with Crippen LogP contribution in [0.1, 0.15) is 24.8 Å². The molecule has 1 aliphatic carbocycles. The van der Waals surface area contributed by atoms with Gasteiger partial charge in [0, 0.05) is 31.0 Å². The van der Waals surface area contributed by atoms with Crippen LogP contribution in [0.2, 0.25) is 0 Å². The molecule has 3 heteroatoms. The van der Waals surface area contributed by atoms with E-state index in [1.54, 1.807) is 0 Å². The van der Waals surface area contributed by atoms with Gasteiger partial charge >= 0.3 is 0 Å². The number of nitrogens with two attached hydrogens (primary N) is 1. The molecular formula is C12H19N3. The van der Waals surface area contributed by atoms with Gasteiger partial charge in [0.05, 0.1) is 0 Å². The minimum absolute atomic E-state index is 0.409. The Morgan fingerprint density at radius 2 is 2.40 bits per heavy atom. The molecule has 1 fully saturated rings. The summed E-state index contributed by atoms with van der Waals surface area (Å²) in [7, 11) is 2.18. The maximum atomic E-state index is 5.92. The summed E-state index contributed by atoms with van der Waals surface area (Å²) in [5, 5.41) is 0. The van der Waals surface area contributed by atoms with Crippen molar-refractivity contribution in [2.75, 3.05) is 7.05 Å². The lowest BCUT2D eigenvalue weighted by molar-refractivity contribution is 0.235. The van der Waals surface area contributed by atoms with E-state index in [0.29, 0.717) is 12.1 Å². The summed E-state index contributed by atoms with van der Waals surface area (Å²) in [5.74, 6) is 0. The van der Waals surface area contributed by atoms with Crippen molar-refractivity contribution in [1.82, 2.24) is 9.88 Å². The Balaban J connectivity index is 1.90. The SMILES string of the molecule is CN(Cc1cccnc1)C1CCC(N)C1. The molecule has 15 heavy (non-hydrogen) atoms. The summed E-state index contributed by atoms with van der Waals surface area (Å²) < 4.78 is 0. The fraction of sp³-hybridized carbons (Fsp3) is 0.583. The van der Waals surface area contributed by atoms with E-state index in [9.17, 15) is 0 Å². The van der Waals surface area contributed by atoms with Gasteiger partial charge < -0.3 is 5.73 Å². The molecule has 0 aromatic carbocycles. The molecule has 2 rings (SSSR count). The third kappa shape index (κ3) is 2.76. The van der Waals surface area contributed by atoms with Crippen LogP contribution in [0, 0.1) is 0 Å². The Morgan fingerprint density at radius 3 is 3.00 bits per heavy atom. The molecule has 1 aromatic heterocycles. The van der Waals surface area contributed by atoms with Crippen molar-refractivity contribution in [3.63, 3.8) is 0 Å². The van der Waals surface area contributed by atoms with Crippen molar-refractivity contribution in [3.8, 4) is 0 Å². The van der Waals surface area contributed by atoms with Crippen LogP contribution >= 0.6 is 0 Å². The largest absolute Gasteiger partial charge is 0.328 e. The van der Waals surface area contributed by atoms with E-state index in [1.165, 1.54) is 18.4 Å². The van der Waals surface area contributed by atoms with E-state index in [-0.39, 0.29) is 0 Å². The normalized spacial score (nSPS) is 26.1. The number of hydrogen-bond donors (Lipinski definition) is 1. The molecule has 2 N–H and O–H groups in total. The molecule has 0 spiro atoms. The highest BCUT2D eigenvalue weighted by Gasteiger charge is 2.24. The van der Waals surface area contributed by atoms with Crippen LogP contribution in [0.25, 0.3) is 0 Å². The van der Waals surface area contributed by atoms with Crippen molar-refractivity contribution in [3.05, 3.63) is 30.1 Å². The van der Waals surface area contributed by atoms with E-state index < -0.39 is 0 Å². The van der Waals surface area contributed by atoms with Crippen molar-refractivity contribution in [1.29, 1.82) is 0 Å². The number of aromatic nitrogens is 1. The van der Waals surface area contributed by atoms with E-state index in [2.05, 4.69) is 23.0 Å². The van der Waals surface area contributed by atoms with Gasteiger partial charge in [-0.05, 0) is 37.9 Å². The van der Waals surface area contributed by atoms with Crippen LogP contribution in [0.4, 0.5) is 0 Å². The number of hydrogen-bond acceptors (Lipinski definition) is 3. The monoisotopic (exact) mass is 205 g/mol.